The molecule has 0 saturated heterocycles. The summed E-state index contributed by atoms with van der Waals surface area (Å²) in [6.07, 6.45) is 0. The molecule has 0 heterocycles. The van der Waals surface area contributed by atoms with Crippen LogP contribution in [-0.4, -0.2) is 58.5 Å². The number of methoxy groups -OCH3 is 2. The van der Waals surface area contributed by atoms with Gasteiger partial charge in [-0.2, -0.15) is 0 Å². The van der Waals surface area contributed by atoms with E-state index in [1.54, 1.807) is 0 Å². The maximum absolute atomic E-state index is 11.5. The largest absolute Gasteiger partial charge is 0.495 e. The summed E-state index contributed by atoms with van der Waals surface area (Å²) in [7, 11) is 2.15. The Kier molecular flexibility index (Phi) is 4.69. The van der Waals surface area contributed by atoms with Gasteiger partial charge in [0.25, 0.3) is 0 Å². The molecule has 4 N–H and O–H groups in total. The highest BCUT2D eigenvalue weighted by atomic mass is 16.5. The van der Waals surface area contributed by atoms with Crippen LogP contribution in [0.4, 0.5) is 0 Å². The minimum Gasteiger partial charge on any atom is -0.495 e. The van der Waals surface area contributed by atoms with Gasteiger partial charge in [-0.15, -0.1) is 0 Å². The normalized spacial score (nSPS) is 10.4. The van der Waals surface area contributed by atoms with E-state index in [1.165, 1.54) is 0 Å². The fourth-order valence-corrected chi connectivity index (χ4v) is 2.66. The van der Waals surface area contributed by atoms with E-state index < -0.39 is 57.6 Å². The number of fused-ring (bicyclic) bond motifs is 1. The van der Waals surface area contributed by atoms with Crippen molar-refractivity contribution in [2.45, 2.75) is 0 Å². The number of ether oxygens (including phenoxy) is 2. The zero-order valence-corrected chi connectivity index (χ0v) is 13.4. The van der Waals surface area contributed by atoms with Gasteiger partial charge in [0.05, 0.1) is 25.3 Å². The summed E-state index contributed by atoms with van der Waals surface area (Å²) in [6.45, 7) is 0. The zero-order valence-electron chi connectivity index (χ0n) is 13.4. The van der Waals surface area contributed by atoms with Crippen molar-refractivity contribution in [1.82, 2.24) is 0 Å². The van der Waals surface area contributed by atoms with E-state index in [-0.39, 0.29) is 10.8 Å². The lowest BCUT2D eigenvalue weighted by atomic mass is 9.93. The first-order chi connectivity index (χ1) is 12.1. The smallest absolute Gasteiger partial charge is 0.340 e. The molecule has 2 aromatic carbocycles. The highest BCUT2D eigenvalue weighted by Crippen LogP contribution is 2.41. The summed E-state index contributed by atoms with van der Waals surface area (Å²) in [4.78, 5) is 45.9. The van der Waals surface area contributed by atoms with Crippen molar-refractivity contribution in [3.05, 3.63) is 34.4 Å². The van der Waals surface area contributed by atoms with Crippen molar-refractivity contribution < 1.29 is 49.1 Å². The number of carbonyl (C=O) groups is 4. The number of aromatic carboxylic acids is 4. The van der Waals surface area contributed by atoms with Crippen LogP contribution in [0, 0.1) is 0 Å². The van der Waals surface area contributed by atoms with Crippen molar-refractivity contribution in [1.29, 1.82) is 0 Å². The predicted molar refractivity (Wildman–Crippen MR) is 84.9 cm³/mol. The fourth-order valence-electron chi connectivity index (χ4n) is 2.66. The van der Waals surface area contributed by atoms with Gasteiger partial charge in [-0.1, -0.05) is 0 Å². The first kappa shape index (κ1) is 18.5. The summed E-state index contributed by atoms with van der Waals surface area (Å²) in [5.74, 6) is -7.26. The molecular formula is C16H12O10. The molecule has 0 aliphatic rings. The summed E-state index contributed by atoms with van der Waals surface area (Å²) in [5, 5.41) is 37.1. The molecule has 136 valence electrons. The number of hydrogen-bond acceptors (Lipinski definition) is 6. The van der Waals surface area contributed by atoms with Crippen molar-refractivity contribution in [3.8, 4) is 11.5 Å². The van der Waals surface area contributed by atoms with Crippen molar-refractivity contribution >= 4 is 34.6 Å². The molecule has 2 rings (SSSR count). The van der Waals surface area contributed by atoms with Crippen LogP contribution < -0.4 is 9.47 Å². The topological polar surface area (TPSA) is 168 Å². The molecule has 10 nitrogen and oxygen atoms in total. The van der Waals surface area contributed by atoms with Gasteiger partial charge >= 0.3 is 23.9 Å². The van der Waals surface area contributed by atoms with Gasteiger partial charge in [-0.05, 0) is 12.1 Å². The second-order valence-corrected chi connectivity index (χ2v) is 4.98. The van der Waals surface area contributed by atoms with Crippen LogP contribution in [0.1, 0.15) is 41.4 Å². The molecule has 0 amide bonds. The van der Waals surface area contributed by atoms with Gasteiger partial charge < -0.3 is 29.9 Å². The van der Waals surface area contributed by atoms with Crippen LogP contribution in [0.25, 0.3) is 10.8 Å². The number of benzene rings is 2. The van der Waals surface area contributed by atoms with Crippen molar-refractivity contribution in [2.24, 2.45) is 0 Å². The van der Waals surface area contributed by atoms with Crippen molar-refractivity contribution in [2.75, 3.05) is 14.2 Å². The Morgan fingerprint density at radius 3 is 1.15 bits per heavy atom. The first-order valence-electron chi connectivity index (χ1n) is 6.84. The Balaban J connectivity index is 3.22. The van der Waals surface area contributed by atoms with E-state index in [1.807, 2.05) is 0 Å². The highest BCUT2D eigenvalue weighted by Gasteiger charge is 2.30. The van der Waals surface area contributed by atoms with E-state index in [0.29, 0.717) is 0 Å². The molecule has 0 fully saturated rings. The van der Waals surface area contributed by atoms with E-state index in [9.17, 15) is 39.6 Å². The third kappa shape index (κ3) is 2.73. The Hall–Kier alpha value is -3.82. The SMILES string of the molecule is COc1c(C(=O)O)c(C(=O)O)cc2c(OC)c(C(=O)O)c(C(=O)O)cc12. The molecule has 0 radical (unpaired) electrons. The third-order valence-electron chi connectivity index (χ3n) is 3.65. The summed E-state index contributed by atoms with van der Waals surface area (Å²) in [5.41, 5.74) is -2.73. The molecular weight excluding hydrogens is 352 g/mol. The molecule has 0 aliphatic carbocycles. The third-order valence-corrected chi connectivity index (χ3v) is 3.65. The average molecular weight is 364 g/mol. The van der Waals surface area contributed by atoms with Gasteiger partial charge in [0.15, 0.2) is 0 Å². The Morgan fingerprint density at radius 1 is 0.654 bits per heavy atom. The van der Waals surface area contributed by atoms with Crippen LogP contribution in [0.15, 0.2) is 12.1 Å². The monoisotopic (exact) mass is 364 g/mol. The molecule has 0 aromatic heterocycles. The maximum atomic E-state index is 11.5. The van der Waals surface area contributed by atoms with Crippen LogP contribution in [0.3, 0.4) is 0 Å². The van der Waals surface area contributed by atoms with Crippen LogP contribution in [0.5, 0.6) is 11.5 Å². The van der Waals surface area contributed by atoms with Gasteiger partial charge in [0, 0.05) is 10.8 Å². The zero-order chi connectivity index (χ0) is 19.8. The Morgan fingerprint density at radius 2 is 0.962 bits per heavy atom. The number of carboxylic acids is 4. The van der Waals surface area contributed by atoms with Gasteiger partial charge in [-0.25, -0.2) is 19.2 Å². The maximum Gasteiger partial charge on any atom is 0.340 e. The van der Waals surface area contributed by atoms with Crippen LogP contribution in [0.2, 0.25) is 0 Å². The summed E-state index contributed by atoms with van der Waals surface area (Å²) >= 11 is 0. The van der Waals surface area contributed by atoms with Crippen LogP contribution in [-0.2, 0) is 0 Å². The van der Waals surface area contributed by atoms with Gasteiger partial charge in [0.1, 0.15) is 22.6 Å². The number of carboxylic acid groups (broad SMARTS) is 4. The summed E-state index contributed by atoms with van der Waals surface area (Å²) in [6, 6.07) is 1.81. The molecule has 0 bridgehead atoms. The Bertz CT molecular complexity index is 894. The average Bonchev–Trinajstić information content (AvgIpc) is 2.57. The van der Waals surface area contributed by atoms with E-state index >= 15 is 0 Å². The first-order valence-corrected chi connectivity index (χ1v) is 6.84. The molecule has 0 aliphatic heterocycles. The second-order valence-electron chi connectivity index (χ2n) is 4.98. The van der Waals surface area contributed by atoms with Gasteiger partial charge in [0.2, 0.25) is 0 Å². The molecule has 2 aromatic rings. The Labute approximate surface area is 144 Å². The number of rotatable bonds is 6. The lowest BCUT2D eigenvalue weighted by Crippen LogP contribution is -2.14. The molecule has 0 unspecified atom stereocenters. The molecule has 0 saturated carbocycles. The van der Waals surface area contributed by atoms with E-state index in [4.69, 9.17) is 9.47 Å². The van der Waals surface area contributed by atoms with Gasteiger partial charge in [-0.3, -0.25) is 0 Å². The minimum atomic E-state index is -1.61. The van der Waals surface area contributed by atoms with Crippen LogP contribution >= 0.6 is 0 Å². The fraction of sp³-hybridized carbons (Fsp3) is 0.125. The number of hydrogen-bond donors (Lipinski definition) is 4. The predicted octanol–water partition coefficient (Wildman–Crippen LogP) is 1.65. The molecule has 10 heteroatoms. The molecule has 0 spiro atoms. The second kappa shape index (κ2) is 6.59. The van der Waals surface area contributed by atoms with E-state index in [2.05, 4.69) is 0 Å². The van der Waals surface area contributed by atoms with Crippen molar-refractivity contribution in [3.63, 3.8) is 0 Å². The lowest BCUT2D eigenvalue weighted by Gasteiger charge is -2.17. The van der Waals surface area contributed by atoms with E-state index in [0.717, 1.165) is 26.4 Å². The quantitative estimate of drug-likeness (QED) is 0.591. The lowest BCUT2D eigenvalue weighted by molar-refractivity contribution is 0.0647. The molecule has 0 atom stereocenters. The minimum absolute atomic E-state index is 0.117. The highest BCUT2D eigenvalue weighted by molar-refractivity contribution is 6.16. The molecule has 26 heavy (non-hydrogen) atoms. The standard InChI is InChI=1S/C16H12O10/c1-25-11-5-3-8(14(19)20)10(16(23)24)12(26-2)6(5)4-7(13(17)18)9(11)15(21)22/h3-4H,1-2H3,(H,17,18)(H,19,20)(H,21,22)(H,23,24). The summed E-state index contributed by atoms with van der Waals surface area (Å²) < 4.78 is 10.0.